The van der Waals surface area contributed by atoms with E-state index < -0.39 is 21.8 Å². The van der Waals surface area contributed by atoms with E-state index in [2.05, 4.69) is 16.8 Å². The molecule has 0 aliphatic rings. The number of aryl methyl sites for hydroxylation is 2. The SMILES string of the molecule is CCc1cc(C#Cc2ccc(OC)cc2CCS(=O)(=O)O)cc(C(=O)OC)n1. The van der Waals surface area contributed by atoms with Crippen LogP contribution in [0.2, 0.25) is 0 Å². The van der Waals surface area contributed by atoms with Gasteiger partial charge in [0.05, 0.1) is 20.0 Å². The zero-order chi connectivity index (χ0) is 20.7. The van der Waals surface area contributed by atoms with Gasteiger partial charge < -0.3 is 9.47 Å². The Labute approximate surface area is 164 Å². The molecule has 148 valence electrons. The number of carbonyl (C=O) groups excluding carboxylic acids is 1. The summed E-state index contributed by atoms with van der Waals surface area (Å²) in [4.78, 5) is 16.0. The van der Waals surface area contributed by atoms with Crippen LogP contribution < -0.4 is 4.74 Å². The largest absolute Gasteiger partial charge is 0.497 e. The first-order valence-electron chi connectivity index (χ1n) is 8.49. The second-order valence-electron chi connectivity index (χ2n) is 5.89. The first kappa shape index (κ1) is 21.4. The molecule has 0 fully saturated rings. The molecule has 0 atom stereocenters. The Kier molecular flexibility index (Phi) is 7.15. The van der Waals surface area contributed by atoms with Crippen molar-refractivity contribution < 1.29 is 27.2 Å². The zero-order valence-corrected chi connectivity index (χ0v) is 16.7. The van der Waals surface area contributed by atoms with Gasteiger partial charge in [0, 0.05) is 16.8 Å². The smallest absolute Gasteiger partial charge is 0.356 e. The summed E-state index contributed by atoms with van der Waals surface area (Å²) in [7, 11) is -1.31. The Morgan fingerprint density at radius 2 is 1.93 bits per heavy atom. The molecule has 8 heteroatoms. The van der Waals surface area contributed by atoms with Crippen LogP contribution in [-0.4, -0.2) is 43.9 Å². The number of rotatable bonds is 6. The minimum atomic E-state index is -4.10. The van der Waals surface area contributed by atoms with Crippen molar-refractivity contribution in [1.29, 1.82) is 0 Å². The highest BCUT2D eigenvalue weighted by Crippen LogP contribution is 2.18. The molecular weight excluding hydrogens is 382 g/mol. The number of pyridine rings is 1. The van der Waals surface area contributed by atoms with E-state index in [-0.39, 0.29) is 12.1 Å². The van der Waals surface area contributed by atoms with E-state index in [1.165, 1.54) is 14.2 Å². The third-order valence-corrected chi connectivity index (χ3v) is 4.64. The highest BCUT2D eigenvalue weighted by molar-refractivity contribution is 7.85. The maximum atomic E-state index is 11.8. The molecule has 0 aliphatic heterocycles. The Morgan fingerprint density at radius 3 is 2.54 bits per heavy atom. The summed E-state index contributed by atoms with van der Waals surface area (Å²) in [5.41, 5.74) is 2.69. The fraction of sp³-hybridized carbons (Fsp3) is 0.300. The average Bonchev–Trinajstić information content (AvgIpc) is 2.69. The number of hydrogen-bond acceptors (Lipinski definition) is 6. The first-order chi connectivity index (χ1) is 13.3. The van der Waals surface area contributed by atoms with Gasteiger partial charge in [-0.1, -0.05) is 18.8 Å². The van der Waals surface area contributed by atoms with Gasteiger partial charge in [-0.2, -0.15) is 8.42 Å². The molecule has 0 amide bonds. The molecule has 0 saturated carbocycles. The van der Waals surface area contributed by atoms with Gasteiger partial charge in [-0.3, -0.25) is 4.55 Å². The van der Waals surface area contributed by atoms with Gasteiger partial charge in [-0.15, -0.1) is 0 Å². The lowest BCUT2D eigenvalue weighted by molar-refractivity contribution is 0.0593. The number of nitrogens with zero attached hydrogens (tertiary/aromatic N) is 1. The summed E-state index contributed by atoms with van der Waals surface area (Å²) in [6, 6.07) is 8.43. The fourth-order valence-corrected chi connectivity index (χ4v) is 2.93. The normalized spacial score (nSPS) is 10.7. The van der Waals surface area contributed by atoms with E-state index in [0.29, 0.717) is 34.6 Å². The lowest BCUT2D eigenvalue weighted by Gasteiger charge is -2.07. The summed E-state index contributed by atoms with van der Waals surface area (Å²) < 4.78 is 41.1. The molecule has 1 N–H and O–H groups in total. The van der Waals surface area contributed by atoms with Crippen LogP contribution in [0.1, 0.15) is 39.8 Å². The molecule has 2 aromatic rings. The van der Waals surface area contributed by atoms with Crippen molar-refractivity contribution in [2.24, 2.45) is 0 Å². The summed E-state index contributed by atoms with van der Waals surface area (Å²) in [6.07, 6.45) is 0.714. The molecule has 0 aliphatic carbocycles. The standard InChI is InChI=1S/C20H21NO6S/c1-4-17-11-14(12-19(21-17)20(22)27-3)5-6-15-7-8-18(26-2)13-16(15)9-10-28(23,24)25/h7-8,11-13H,4,9-10H2,1-3H3,(H,23,24,25). The van der Waals surface area contributed by atoms with Crippen molar-refractivity contribution in [3.05, 3.63) is 58.4 Å². The summed E-state index contributed by atoms with van der Waals surface area (Å²) in [6.45, 7) is 1.91. The zero-order valence-electron chi connectivity index (χ0n) is 15.9. The maximum absolute atomic E-state index is 11.8. The van der Waals surface area contributed by atoms with Crippen LogP contribution in [0, 0.1) is 11.8 Å². The van der Waals surface area contributed by atoms with Crippen LogP contribution in [0.3, 0.4) is 0 Å². The highest BCUT2D eigenvalue weighted by atomic mass is 32.2. The van der Waals surface area contributed by atoms with Crippen LogP contribution in [-0.2, 0) is 27.7 Å². The molecule has 28 heavy (non-hydrogen) atoms. The topological polar surface area (TPSA) is 103 Å². The molecule has 1 aromatic heterocycles. The van der Waals surface area contributed by atoms with Gasteiger partial charge in [-0.25, -0.2) is 9.78 Å². The number of hydrogen-bond donors (Lipinski definition) is 1. The summed E-state index contributed by atoms with van der Waals surface area (Å²) in [5, 5.41) is 0. The van der Waals surface area contributed by atoms with E-state index in [1.54, 1.807) is 30.3 Å². The van der Waals surface area contributed by atoms with Gasteiger partial charge >= 0.3 is 5.97 Å². The molecule has 0 radical (unpaired) electrons. The van der Waals surface area contributed by atoms with Crippen molar-refractivity contribution in [2.45, 2.75) is 19.8 Å². The molecule has 0 saturated heterocycles. The minimum absolute atomic E-state index is 0.0873. The van der Waals surface area contributed by atoms with E-state index in [4.69, 9.17) is 14.0 Å². The third kappa shape index (κ3) is 6.08. The van der Waals surface area contributed by atoms with Crippen molar-refractivity contribution in [1.82, 2.24) is 4.98 Å². The minimum Gasteiger partial charge on any atom is -0.497 e. The number of aromatic nitrogens is 1. The van der Waals surface area contributed by atoms with E-state index in [0.717, 1.165) is 0 Å². The number of methoxy groups -OCH3 is 2. The van der Waals surface area contributed by atoms with Crippen LogP contribution in [0.25, 0.3) is 0 Å². The monoisotopic (exact) mass is 403 g/mol. The van der Waals surface area contributed by atoms with Gasteiger partial charge in [-0.05, 0) is 48.7 Å². The predicted octanol–water partition coefficient (Wildman–Crippen LogP) is 2.27. The first-order valence-corrected chi connectivity index (χ1v) is 10.1. The second-order valence-corrected chi connectivity index (χ2v) is 7.46. The molecule has 7 nitrogen and oxygen atoms in total. The quantitative estimate of drug-likeness (QED) is 0.448. The van der Waals surface area contributed by atoms with Gasteiger partial charge in [0.15, 0.2) is 0 Å². The Bertz CT molecular complexity index is 1030. The predicted molar refractivity (Wildman–Crippen MR) is 104 cm³/mol. The van der Waals surface area contributed by atoms with Crippen LogP contribution in [0.15, 0.2) is 30.3 Å². The van der Waals surface area contributed by atoms with E-state index >= 15 is 0 Å². The Hall–Kier alpha value is -2.89. The maximum Gasteiger partial charge on any atom is 0.356 e. The molecule has 0 unspecified atom stereocenters. The van der Waals surface area contributed by atoms with Crippen molar-refractivity contribution in [2.75, 3.05) is 20.0 Å². The number of esters is 1. The number of carbonyl (C=O) groups is 1. The van der Waals surface area contributed by atoms with Crippen LogP contribution in [0.5, 0.6) is 5.75 Å². The fourth-order valence-electron chi connectivity index (χ4n) is 2.45. The molecular formula is C20H21NO6S. The average molecular weight is 403 g/mol. The van der Waals surface area contributed by atoms with Gasteiger partial charge in [0.2, 0.25) is 0 Å². The number of benzene rings is 1. The summed E-state index contributed by atoms with van der Waals surface area (Å²) in [5.74, 6) is 5.56. The molecule has 1 heterocycles. The van der Waals surface area contributed by atoms with E-state index in [1.807, 2.05) is 6.92 Å². The molecule has 0 bridgehead atoms. The lowest BCUT2D eigenvalue weighted by atomic mass is 10.0. The third-order valence-electron chi connectivity index (χ3n) is 3.92. The van der Waals surface area contributed by atoms with Crippen molar-refractivity contribution in [3.8, 4) is 17.6 Å². The van der Waals surface area contributed by atoms with Gasteiger partial charge in [0.1, 0.15) is 11.4 Å². The Morgan fingerprint density at radius 1 is 1.18 bits per heavy atom. The summed E-state index contributed by atoms with van der Waals surface area (Å²) >= 11 is 0. The lowest BCUT2D eigenvalue weighted by Crippen LogP contribution is -2.08. The van der Waals surface area contributed by atoms with Crippen LogP contribution in [0.4, 0.5) is 0 Å². The number of ether oxygens (including phenoxy) is 2. The van der Waals surface area contributed by atoms with E-state index in [9.17, 15) is 13.2 Å². The van der Waals surface area contributed by atoms with Crippen LogP contribution >= 0.6 is 0 Å². The molecule has 0 spiro atoms. The van der Waals surface area contributed by atoms with Crippen molar-refractivity contribution >= 4 is 16.1 Å². The second kappa shape index (κ2) is 9.35. The Balaban J connectivity index is 2.43. The highest BCUT2D eigenvalue weighted by Gasteiger charge is 2.11. The van der Waals surface area contributed by atoms with Gasteiger partial charge in [0.25, 0.3) is 10.1 Å². The van der Waals surface area contributed by atoms with Crippen molar-refractivity contribution in [3.63, 3.8) is 0 Å². The molecule has 1 aromatic carbocycles. The molecule has 2 rings (SSSR count).